The first-order chi connectivity index (χ1) is 16.3. The van der Waals surface area contributed by atoms with Gasteiger partial charge in [-0.25, -0.2) is 13.1 Å². The van der Waals surface area contributed by atoms with E-state index >= 15 is 0 Å². The Kier molecular flexibility index (Phi) is 7.03. The molecule has 1 saturated heterocycles. The highest BCUT2D eigenvalue weighted by atomic mass is 32.2. The summed E-state index contributed by atoms with van der Waals surface area (Å²) >= 11 is 0. The number of hydrogen-bond acceptors (Lipinski definition) is 7. The summed E-state index contributed by atoms with van der Waals surface area (Å²) < 4.78 is 32.6. The van der Waals surface area contributed by atoms with Gasteiger partial charge in [0.25, 0.3) is 0 Å². The quantitative estimate of drug-likeness (QED) is 0.527. The minimum absolute atomic E-state index is 0.114. The van der Waals surface area contributed by atoms with Crippen molar-refractivity contribution in [2.45, 2.75) is 30.6 Å². The summed E-state index contributed by atoms with van der Waals surface area (Å²) in [5, 5.41) is 6.76. The Labute approximate surface area is 197 Å². The molecule has 178 valence electrons. The van der Waals surface area contributed by atoms with Crippen LogP contribution in [0.3, 0.4) is 0 Å². The van der Waals surface area contributed by atoms with E-state index in [9.17, 15) is 18.0 Å². The van der Waals surface area contributed by atoms with Crippen LogP contribution in [0.2, 0.25) is 0 Å². The zero-order chi connectivity index (χ0) is 24.1. The predicted octanol–water partition coefficient (Wildman–Crippen LogP) is 2.38. The molecule has 1 aromatic heterocycles. The number of benzene rings is 2. The van der Waals surface area contributed by atoms with Crippen LogP contribution in [0.5, 0.6) is 0 Å². The van der Waals surface area contributed by atoms with Gasteiger partial charge in [0.1, 0.15) is 0 Å². The lowest BCUT2D eigenvalue weighted by atomic mass is 9.98. The summed E-state index contributed by atoms with van der Waals surface area (Å²) in [6, 6.07) is 15.0. The van der Waals surface area contributed by atoms with Crippen LogP contribution in [-0.2, 0) is 19.6 Å². The summed E-state index contributed by atoms with van der Waals surface area (Å²) in [6.07, 6.45) is 1.52. The summed E-state index contributed by atoms with van der Waals surface area (Å²) in [6.45, 7) is 2.03. The van der Waals surface area contributed by atoms with E-state index in [4.69, 9.17) is 4.52 Å². The third-order valence-corrected chi connectivity index (χ3v) is 6.91. The fraction of sp³-hybridized carbons (Fsp3) is 0.304. The molecule has 1 fully saturated rings. The molecular formula is C23H25N5O5S. The number of carbonyl (C=O) groups excluding carboxylic acids is 2. The van der Waals surface area contributed by atoms with Crippen LogP contribution in [0, 0.1) is 0 Å². The normalized spacial score (nSPS) is 16.3. The van der Waals surface area contributed by atoms with E-state index in [2.05, 4.69) is 20.2 Å². The second-order valence-corrected chi connectivity index (χ2v) is 9.80. The molecule has 0 bridgehead atoms. The van der Waals surface area contributed by atoms with Gasteiger partial charge in [0.15, 0.2) is 0 Å². The van der Waals surface area contributed by atoms with Crippen molar-refractivity contribution >= 4 is 27.5 Å². The zero-order valence-electron chi connectivity index (χ0n) is 18.6. The highest BCUT2D eigenvalue weighted by molar-refractivity contribution is 7.89. The predicted molar refractivity (Wildman–Crippen MR) is 124 cm³/mol. The molecule has 3 aromatic rings. The Hall–Kier alpha value is -3.57. The Morgan fingerprint density at radius 2 is 1.85 bits per heavy atom. The number of nitrogens with one attached hydrogen (secondary N) is 2. The van der Waals surface area contributed by atoms with Crippen molar-refractivity contribution < 1.29 is 22.5 Å². The van der Waals surface area contributed by atoms with Crippen LogP contribution in [0.4, 0.5) is 5.69 Å². The molecular weight excluding hydrogens is 458 g/mol. The van der Waals surface area contributed by atoms with Crippen molar-refractivity contribution in [1.29, 1.82) is 0 Å². The van der Waals surface area contributed by atoms with Gasteiger partial charge in [-0.15, -0.1) is 0 Å². The zero-order valence-corrected chi connectivity index (χ0v) is 19.4. The Morgan fingerprint density at radius 1 is 1.12 bits per heavy atom. The largest absolute Gasteiger partial charge is 0.341 e. The molecule has 0 aliphatic carbocycles. The summed E-state index contributed by atoms with van der Waals surface area (Å²) in [5.74, 6) is 0.256. The maximum Gasteiger partial charge on any atom is 0.241 e. The molecule has 1 atom stereocenters. The van der Waals surface area contributed by atoms with E-state index in [1.807, 2.05) is 0 Å². The van der Waals surface area contributed by atoms with Crippen molar-refractivity contribution in [3.8, 4) is 11.4 Å². The number of carbonyl (C=O) groups is 2. The van der Waals surface area contributed by atoms with Gasteiger partial charge in [0.2, 0.25) is 33.6 Å². The van der Waals surface area contributed by atoms with Crippen molar-refractivity contribution in [1.82, 2.24) is 19.8 Å². The molecule has 2 aromatic carbocycles. The first-order valence-corrected chi connectivity index (χ1v) is 12.3. The lowest BCUT2D eigenvalue weighted by Crippen LogP contribution is -2.44. The Balaban J connectivity index is 1.37. The Bertz CT molecular complexity index is 1260. The minimum atomic E-state index is -3.76. The number of nitrogens with zero attached hydrogens (tertiary/aromatic N) is 3. The van der Waals surface area contributed by atoms with Gasteiger partial charge in [0.05, 0.1) is 17.4 Å². The lowest BCUT2D eigenvalue weighted by Gasteiger charge is -2.31. The number of piperidine rings is 1. The summed E-state index contributed by atoms with van der Waals surface area (Å²) in [7, 11) is -3.76. The van der Waals surface area contributed by atoms with Crippen molar-refractivity contribution in [3.05, 3.63) is 60.5 Å². The summed E-state index contributed by atoms with van der Waals surface area (Å²) in [4.78, 5) is 30.1. The van der Waals surface area contributed by atoms with Crippen LogP contribution in [0.15, 0.2) is 64.0 Å². The van der Waals surface area contributed by atoms with Crippen LogP contribution in [0.1, 0.15) is 31.6 Å². The molecule has 1 aliphatic rings. The first-order valence-electron chi connectivity index (χ1n) is 10.9. The average molecular weight is 484 g/mol. The third kappa shape index (κ3) is 5.67. The second kappa shape index (κ2) is 10.1. The molecule has 0 radical (unpaired) electrons. The van der Waals surface area contributed by atoms with E-state index in [1.165, 1.54) is 19.1 Å². The van der Waals surface area contributed by atoms with E-state index in [1.54, 1.807) is 47.4 Å². The highest BCUT2D eigenvalue weighted by Gasteiger charge is 2.29. The van der Waals surface area contributed by atoms with Crippen LogP contribution in [-0.4, -0.2) is 54.9 Å². The first kappa shape index (κ1) is 23.6. The number of anilines is 1. The topological polar surface area (TPSA) is 134 Å². The van der Waals surface area contributed by atoms with E-state index in [0.717, 1.165) is 18.4 Å². The third-order valence-electron chi connectivity index (χ3n) is 5.50. The molecule has 1 aliphatic heterocycles. The molecule has 4 rings (SSSR count). The standard InChI is InChI=1S/C23H25N5O5S/c1-16(29)25-19-11-9-17(10-12-19)22-26-23(33-27-22)18-6-5-13-28(15-18)21(30)14-24-34(31,32)20-7-3-2-4-8-20/h2-4,7-12,18,24H,5-6,13-15H2,1H3,(H,25,29)/t18-/m0/s1. The lowest BCUT2D eigenvalue weighted by molar-refractivity contribution is -0.131. The number of rotatable bonds is 7. The van der Waals surface area contributed by atoms with Crippen LogP contribution in [0.25, 0.3) is 11.4 Å². The molecule has 2 N–H and O–H groups in total. The molecule has 11 heteroatoms. The molecule has 10 nitrogen and oxygen atoms in total. The van der Waals surface area contributed by atoms with Gasteiger partial charge in [-0.05, 0) is 49.2 Å². The monoisotopic (exact) mass is 483 g/mol. The van der Waals surface area contributed by atoms with E-state index < -0.39 is 10.0 Å². The van der Waals surface area contributed by atoms with Gasteiger partial charge in [-0.2, -0.15) is 4.98 Å². The van der Waals surface area contributed by atoms with Gasteiger partial charge in [-0.1, -0.05) is 23.4 Å². The number of likely N-dealkylation sites (tertiary alicyclic amines) is 1. The molecule has 0 saturated carbocycles. The van der Waals surface area contributed by atoms with Gasteiger partial charge < -0.3 is 14.7 Å². The van der Waals surface area contributed by atoms with Gasteiger partial charge in [-0.3, -0.25) is 9.59 Å². The maximum absolute atomic E-state index is 12.7. The molecule has 0 spiro atoms. The minimum Gasteiger partial charge on any atom is -0.341 e. The number of amides is 2. The second-order valence-electron chi connectivity index (χ2n) is 8.03. The van der Waals surface area contributed by atoms with E-state index in [-0.39, 0.29) is 29.2 Å². The fourth-order valence-corrected chi connectivity index (χ4v) is 4.78. The Morgan fingerprint density at radius 3 is 2.56 bits per heavy atom. The van der Waals surface area contributed by atoms with Crippen molar-refractivity contribution in [3.63, 3.8) is 0 Å². The average Bonchev–Trinajstić information content (AvgIpc) is 3.34. The van der Waals surface area contributed by atoms with Gasteiger partial charge in [0, 0.05) is 31.3 Å². The van der Waals surface area contributed by atoms with Crippen molar-refractivity contribution in [2.75, 3.05) is 25.0 Å². The van der Waals surface area contributed by atoms with Crippen molar-refractivity contribution in [2.24, 2.45) is 0 Å². The molecule has 2 amide bonds. The number of sulfonamides is 1. The number of aromatic nitrogens is 2. The summed E-state index contributed by atoms with van der Waals surface area (Å²) in [5.41, 5.74) is 1.41. The van der Waals surface area contributed by atoms with Gasteiger partial charge >= 0.3 is 0 Å². The SMILES string of the molecule is CC(=O)Nc1ccc(-c2noc([C@H]3CCCN(C(=O)CNS(=O)(=O)c4ccccc4)C3)n2)cc1. The fourth-order valence-electron chi connectivity index (χ4n) is 3.78. The van der Waals surface area contributed by atoms with E-state index in [0.29, 0.717) is 30.5 Å². The molecule has 34 heavy (non-hydrogen) atoms. The maximum atomic E-state index is 12.7. The van der Waals surface area contributed by atoms with Crippen LogP contribution < -0.4 is 10.0 Å². The smallest absolute Gasteiger partial charge is 0.241 e. The van der Waals surface area contributed by atoms with Crippen LogP contribution >= 0.6 is 0 Å². The highest BCUT2D eigenvalue weighted by Crippen LogP contribution is 2.28. The number of hydrogen-bond donors (Lipinski definition) is 2. The molecule has 0 unspecified atom stereocenters. The molecule has 2 heterocycles.